The Morgan fingerprint density at radius 1 is 0.935 bits per heavy atom. The van der Waals surface area contributed by atoms with Crippen molar-refractivity contribution >= 4 is 11.9 Å². The van der Waals surface area contributed by atoms with Gasteiger partial charge in [-0.15, -0.1) is 0 Å². The molecule has 1 aromatic heterocycles. The standard InChI is InChI=1S/C25H34N2O4/c1-4-27(5-2)18-12-8-7-9-13-21-19-20(16-17-26-21)24(28)31-23-15-11-10-14-22(23)25(29)30-6-3/h10-11,14-17,19H,4-9,12-13,18H2,1-3H3. The lowest BCUT2D eigenvalue weighted by atomic mass is 10.1. The minimum atomic E-state index is -0.514. The number of hydrogen-bond acceptors (Lipinski definition) is 6. The number of carbonyl (C=O) groups excluding carboxylic acids is 2. The molecule has 0 N–H and O–H groups in total. The summed E-state index contributed by atoms with van der Waals surface area (Å²) in [7, 11) is 0. The predicted octanol–water partition coefficient (Wildman–Crippen LogP) is 4.92. The fraction of sp³-hybridized carbons (Fsp3) is 0.480. The van der Waals surface area contributed by atoms with Gasteiger partial charge in [0.05, 0.1) is 12.2 Å². The van der Waals surface area contributed by atoms with Crippen LogP contribution < -0.4 is 4.74 Å². The summed E-state index contributed by atoms with van der Waals surface area (Å²) in [5.41, 5.74) is 1.53. The highest BCUT2D eigenvalue weighted by atomic mass is 16.5. The molecule has 0 aliphatic carbocycles. The van der Waals surface area contributed by atoms with Crippen LogP contribution in [-0.4, -0.2) is 48.1 Å². The first-order valence-electron chi connectivity index (χ1n) is 11.2. The number of esters is 2. The number of pyridine rings is 1. The molecule has 0 aliphatic rings. The Labute approximate surface area is 185 Å². The number of aromatic nitrogens is 1. The van der Waals surface area contributed by atoms with Crippen molar-refractivity contribution in [2.24, 2.45) is 0 Å². The largest absolute Gasteiger partial charge is 0.462 e. The van der Waals surface area contributed by atoms with E-state index in [-0.39, 0.29) is 17.9 Å². The van der Waals surface area contributed by atoms with E-state index in [4.69, 9.17) is 9.47 Å². The van der Waals surface area contributed by atoms with Crippen LogP contribution in [0, 0.1) is 0 Å². The first kappa shape index (κ1) is 24.5. The lowest BCUT2D eigenvalue weighted by molar-refractivity contribution is 0.0520. The quantitative estimate of drug-likeness (QED) is 0.257. The molecular weight excluding hydrogens is 392 g/mol. The lowest BCUT2D eigenvalue weighted by Gasteiger charge is -2.17. The van der Waals surface area contributed by atoms with E-state index >= 15 is 0 Å². The molecule has 0 radical (unpaired) electrons. The molecule has 2 aromatic rings. The molecule has 1 aromatic carbocycles. The minimum Gasteiger partial charge on any atom is -0.462 e. The van der Waals surface area contributed by atoms with Crippen molar-refractivity contribution < 1.29 is 19.1 Å². The zero-order valence-corrected chi connectivity index (χ0v) is 18.9. The Kier molecular flexibility index (Phi) is 10.7. The summed E-state index contributed by atoms with van der Waals surface area (Å²) < 4.78 is 10.5. The summed E-state index contributed by atoms with van der Waals surface area (Å²) in [6.07, 6.45) is 7.04. The number of ether oxygens (including phenoxy) is 2. The molecule has 6 nitrogen and oxygen atoms in total. The molecule has 0 amide bonds. The number of unbranched alkanes of at least 4 members (excludes halogenated alkanes) is 3. The molecule has 0 saturated heterocycles. The molecular formula is C25H34N2O4. The van der Waals surface area contributed by atoms with Crippen molar-refractivity contribution in [1.82, 2.24) is 9.88 Å². The van der Waals surface area contributed by atoms with Gasteiger partial charge in [-0.05, 0) is 70.1 Å². The van der Waals surface area contributed by atoms with Gasteiger partial charge in [-0.1, -0.05) is 38.8 Å². The van der Waals surface area contributed by atoms with Crippen LogP contribution in [0.2, 0.25) is 0 Å². The molecule has 0 fully saturated rings. The summed E-state index contributed by atoms with van der Waals surface area (Å²) in [6, 6.07) is 9.98. The van der Waals surface area contributed by atoms with Gasteiger partial charge in [0.25, 0.3) is 0 Å². The second-order valence-electron chi connectivity index (χ2n) is 7.33. The summed E-state index contributed by atoms with van der Waals surface area (Å²) in [4.78, 5) is 31.5. The van der Waals surface area contributed by atoms with E-state index in [1.54, 1.807) is 49.5 Å². The van der Waals surface area contributed by atoms with E-state index in [1.165, 1.54) is 12.8 Å². The minimum absolute atomic E-state index is 0.192. The second-order valence-corrected chi connectivity index (χ2v) is 7.33. The van der Waals surface area contributed by atoms with Crippen molar-refractivity contribution in [3.8, 4) is 5.75 Å². The van der Waals surface area contributed by atoms with Crippen molar-refractivity contribution in [3.05, 3.63) is 59.4 Å². The zero-order valence-electron chi connectivity index (χ0n) is 18.9. The van der Waals surface area contributed by atoms with Gasteiger partial charge in [-0.3, -0.25) is 4.98 Å². The summed E-state index contributed by atoms with van der Waals surface area (Å²) in [6.45, 7) is 9.74. The number of benzene rings is 1. The van der Waals surface area contributed by atoms with Gasteiger partial charge in [0, 0.05) is 11.9 Å². The highest BCUT2D eigenvalue weighted by molar-refractivity contribution is 5.96. The van der Waals surface area contributed by atoms with E-state index in [2.05, 4.69) is 23.7 Å². The van der Waals surface area contributed by atoms with Crippen LogP contribution in [0.4, 0.5) is 0 Å². The van der Waals surface area contributed by atoms with Crippen LogP contribution in [-0.2, 0) is 11.2 Å². The van der Waals surface area contributed by atoms with E-state index in [9.17, 15) is 9.59 Å². The van der Waals surface area contributed by atoms with Crippen LogP contribution in [0.3, 0.4) is 0 Å². The van der Waals surface area contributed by atoms with Gasteiger partial charge < -0.3 is 14.4 Å². The average molecular weight is 427 g/mol. The van der Waals surface area contributed by atoms with Gasteiger partial charge in [-0.25, -0.2) is 9.59 Å². The molecule has 6 heteroatoms. The molecule has 0 saturated carbocycles. The Morgan fingerprint density at radius 3 is 2.42 bits per heavy atom. The Balaban J connectivity index is 1.88. The van der Waals surface area contributed by atoms with Crippen molar-refractivity contribution in [3.63, 3.8) is 0 Å². The maximum atomic E-state index is 12.6. The highest BCUT2D eigenvalue weighted by Crippen LogP contribution is 2.21. The molecule has 0 unspecified atom stereocenters. The number of aryl methyl sites for hydroxylation is 1. The van der Waals surface area contributed by atoms with E-state index < -0.39 is 11.9 Å². The average Bonchev–Trinajstić information content (AvgIpc) is 2.79. The Hall–Kier alpha value is -2.73. The van der Waals surface area contributed by atoms with E-state index in [1.807, 2.05) is 0 Å². The molecule has 168 valence electrons. The molecule has 31 heavy (non-hydrogen) atoms. The number of hydrogen-bond donors (Lipinski definition) is 0. The van der Waals surface area contributed by atoms with Crippen LogP contribution in [0.15, 0.2) is 42.6 Å². The highest BCUT2D eigenvalue weighted by Gasteiger charge is 2.17. The molecule has 0 atom stereocenters. The third-order valence-corrected chi connectivity index (χ3v) is 5.19. The van der Waals surface area contributed by atoms with Gasteiger partial charge in [0.2, 0.25) is 0 Å². The maximum absolute atomic E-state index is 12.6. The van der Waals surface area contributed by atoms with E-state index in [0.29, 0.717) is 5.56 Å². The van der Waals surface area contributed by atoms with E-state index in [0.717, 1.165) is 44.6 Å². The molecule has 2 rings (SSSR count). The van der Waals surface area contributed by atoms with Gasteiger partial charge in [-0.2, -0.15) is 0 Å². The van der Waals surface area contributed by atoms with Crippen molar-refractivity contribution in [1.29, 1.82) is 0 Å². The van der Waals surface area contributed by atoms with Crippen molar-refractivity contribution in [2.75, 3.05) is 26.2 Å². The maximum Gasteiger partial charge on any atom is 0.343 e. The summed E-state index contributed by atoms with van der Waals surface area (Å²) in [5, 5.41) is 0. The zero-order chi connectivity index (χ0) is 22.5. The topological polar surface area (TPSA) is 68.7 Å². The third kappa shape index (κ3) is 8.13. The van der Waals surface area contributed by atoms with Gasteiger partial charge in [0.1, 0.15) is 11.3 Å². The number of carbonyl (C=O) groups is 2. The third-order valence-electron chi connectivity index (χ3n) is 5.19. The SMILES string of the molecule is CCOC(=O)c1ccccc1OC(=O)c1ccnc(CCCCCCN(CC)CC)c1. The fourth-order valence-corrected chi connectivity index (χ4v) is 3.37. The molecule has 0 spiro atoms. The smallest absolute Gasteiger partial charge is 0.343 e. The summed E-state index contributed by atoms with van der Waals surface area (Å²) in [5.74, 6) is -0.834. The molecule has 0 aliphatic heterocycles. The van der Waals surface area contributed by atoms with Crippen LogP contribution in [0.1, 0.15) is 72.9 Å². The van der Waals surface area contributed by atoms with Crippen LogP contribution in [0.25, 0.3) is 0 Å². The number of nitrogens with zero attached hydrogens (tertiary/aromatic N) is 2. The first-order chi connectivity index (χ1) is 15.1. The van der Waals surface area contributed by atoms with Gasteiger partial charge >= 0.3 is 11.9 Å². The first-order valence-corrected chi connectivity index (χ1v) is 11.2. The summed E-state index contributed by atoms with van der Waals surface area (Å²) >= 11 is 0. The lowest BCUT2D eigenvalue weighted by Crippen LogP contribution is -2.23. The van der Waals surface area contributed by atoms with Gasteiger partial charge in [0.15, 0.2) is 0 Å². The second kappa shape index (κ2) is 13.5. The van der Waals surface area contributed by atoms with Crippen molar-refractivity contribution in [2.45, 2.75) is 52.9 Å². The monoisotopic (exact) mass is 426 g/mol. The fourth-order valence-electron chi connectivity index (χ4n) is 3.37. The Bertz CT molecular complexity index is 834. The molecule has 1 heterocycles. The number of para-hydroxylation sites is 1. The molecule has 0 bridgehead atoms. The van der Waals surface area contributed by atoms with Crippen LogP contribution >= 0.6 is 0 Å². The van der Waals surface area contributed by atoms with Crippen LogP contribution in [0.5, 0.6) is 5.75 Å². The number of rotatable bonds is 13. The predicted molar refractivity (Wildman–Crippen MR) is 122 cm³/mol. The Morgan fingerprint density at radius 2 is 1.68 bits per heavy atom. The normalized spacial score (nSPS) is 10.8.